The van der Waals surface area contributed by atoms with E-state index in [1.54, 1.807) is 12.1 Å². The van der Waals surface area contributed by atoms with Crippen molar-refractivity contribution in [2.45, 2.75) is 6.18 Å². The van der Waals surface area contributed by atoms with E-state index < -0.39 is 11.7 Å². The molecule has 0 unspecified atom stereocenters. The van der Waals surface area contributed by atoms with Crippen molar-refractivity contribution >= 4 is 11.6 Å². The summed E-state index contributed by atoms with van der Waals surface area (Å²) in [4.78, 5) is 0. The van der Waals surface area contributed by atoms with E-state index in [2.05, 4.69) is 0 Å². The summed E-state index contributed by atoms with van der Waals surface area (Å²) >= 11 is 0. The lowest BCUT2D eigenvalue weighted by atomic mass is 10.0. The van der Waals surface area contributed by atoms with Crippen LogP contribution in [-0.4, -0.2) is 4.57 Å². The SMILES string of the molecule is N#C/C(=C\c1ccn(-c2ccccc2)c1)c1cccc(C(F)(F)F)c1. The van der Waals surface area contributed by atoms with Crippen molar-refractivity contribution in [3.63, 3.8) is 0 Å². The number of para-hydroxylation sites is 1. The van der Waals surface area contributed by atoms with Gasteiger partial charge in [0.15, 0.2) is 0 Å². The van der Waals surface area contributed by atoms with E-state index in [0.29, 0.717) is 0 Å². The number of hydrogen-bond donors (Lipinski definition) is 0. The highest BCUT2D eigenvalue weighted by atomic mass is 19.4. The van der Waals surface area contributed by atoms with E-state index in [4.69, 9.17) is 0 Å². The van der Waals surface area contributed by atoms with E-state index in [-0.39, 0.29) is 11.1 Å². The second-order valence-electron chi connectivity index (χ2n) is 5.44. The minimum absolute atomic E-state index is 0.178. The molecule has 124 valence electrons. The molecule has 0 atom stereocenters. The first kappa shape index (κ1) is 16.6. The molecule has 0 aliphatic rings. The summed E-state index contributed by atoms with van der Waals surface area (Å²) in [5, 5.41) is 9.35. The van der Waals surface area contributed by atoms with Crippen molar-refractivity contribution in [1.29, 1.82) is 5.26 Å². The molecule has 5 heteroatoms. The van der Waals surface area contributed by atoms with Gasteiger partial charge in [0.1, 0.15) is 0 Å². The van der Waals surface area contributed by atoms with Gasteiger partial charge in [0, 0.05) is 18.1 Å². The zero-order chi connectivity index (χ0) is 17.9. The van der Waals surface area contributed by atoms with Gasteiger partial charge in [0.05, 0.1) is 17.2 Å². The highest BCUT2D eigenvalue weighted by molar-refractivity contribution is 5.89. The van der Waals surface area contributed by atoms with E-state index in [9.17, 15) is 18.4 Å². The molecule has 0 N–H and O–H groups in total. The molecular formula is C20H13F3N2. The summed E-state index contributed by atoms with van der Waals surface area (Å²) in [6.45, 7) is 0. The molecule has 0 bridgehead atoms. The van der Waals surface area contributed by atoms with Crippen LogP contribution in [0.5, 0.6) is 0 Å². The number of allylic oxidation sites excluding steroid dienone is 1. The van der Waals surface area contributed by atoms with Gasteiger partial charge in [-0.05, 0) is 47.5 Å². The molecule has 0 radical (unpaired) electrons. The first-order chi connectivity index (χ1) is 12.0. The smallest absolute Gasteiger partial charge is 0.323 e. The maximum Gasteiger partial charge on any atom is 0.416 e. The van der Waals surface area contributed by atoms with Crippen LogP contribution in [0.3, 0.4) is 0 Å². The van der Waals surface area contributed by atoms with Crippen LogP contribution in [-0.2, 0) is 6.18 Å². The monoisotopic (exact) mass is 338 g/mol. The maximum absolute atomic E-state index is 12.8. The van der Waals surface area contributed by atoms with Gasteiger partial charge in [-0.15, -0.1) is 0 Å². The van der Waals surface area contributed by atoms with E-state index in [0.717, 1.165) is 23.4 Å². The van der Waals surface area contributed by atoms with Crippen LogP contribution >= 0.6 is 0 Å². The van der Waals surface area contributed by atoms with Crippen LogP contribution in [0.1, 0.15) is 16.7 Å². The van der Waals surface area contributed by atoms with Gasteiger partial charge in [-0.2, -0.15) is 18.4 Å². The van der Waals surface area contributed by atoms with Gasteiger partial charge in [0.25, 0.3) is 0 Å². The van der Waals surface area contributed by atoms with Crippen molar-refractivity contribution < 1.29 is 13.2 Å². The highest BCUT2D eigenvalue weighted by Crippen LogP contribution is 2.31. The molecule has 0 saturated heterocycles. The van der Waals surface area contributed by atoms with Crippen LogP contribution in [0.4, 0.5) is 13.2 Å². The Kier molecular flexibility index (Phi) is 4.44. The molecule has 0 amide bonds. The third-order valence-electron chi connectivity index (χ3n) is 3.70. The number of hydrogen-bond acceptors (Lipinski definition) is 1. The van der Waals surface area contributed by atoms with Gasteiger partial charge in [-0.3, -0.25) is 0 Å². The van der Waals surface area contributed by atoms with Crippen LogP contribution in [0.15, 0.2) is 73.1 Å². The summed E-state index contributed by atoms with van der Waals surface area (Å²) < 4.78 is 40.4. The molecule has 2 nitrogen and oxygen atoms in total. The fourth-order valence-corrected chi connectivity index (χ4v) is 2.47. The fourth-order valence-electron chi connectivity index (χ4n) is 2.47. The minimum atomic E-state index is -4.44. The number of nitriles is 1. The molecule has 0 aliphatic carbocycles. The van der Waals surface area contributed by atoms with Gasteiger partial charge >= 0.3 is 6.18 Å². The van der Waals surface area contributed by atoms with Crippen LogP contribution in [0.2, 0.25) is 0 Å². The van der Waals surface area contributed by atoms with E-state index in [1.165, 1.54) is 12.1 Å². The fraction of sp³-hybridized carbons (Fsp3) is 0.0500. The molecule has 0 fully saturated rings. The van der Waals surface area contributed by atoms with Gasteiger partial charge in [0.2, 0.25) is 0 Å². The third kappa shape index (κ3) is 3.81. The molecule has 1 heterocycles. The topological polar surface area (TPSA) is 28.7 Å². The van der Waals surface area contributed by atoms with Crippen LogP contribution in [0.25, 0.3) is 17.3 Å². The Labute approximate surface area is 143 Å². The number of halogens is 3. The Morgan fingerprint density at radius 1 is 1.00 bits per heavy atom. The number of aromatic nitrogens is 1. The second kappa shape index (κ2) is 6.70. The van der Waals surface area contributed by atoms with Crippen molar-refractivity contribution in [3.05, 3.63) is 89.7 Å². The van der Waals surface area contributed by atoms with Crippen LogP contribution < -0.4 is 0 Å². The average Bonchev–Trinajstić information content (AvgIpc) is 3.08. The zero-order valence-electron chi connectivity index (χ0n) is 13.0. The van der Waals surface area contributed by atoms with E-state index >= 15 is 0 Å². The lowest BCUT2D eigenvalue weighted by Gasteiger charge is -2.08. The van der Waals surface area contributed by atoms with Gasteiger partial charge in [-0.1, -0.05) is 30.3 Å². The maximum atomic E-state index is 12.8. The Bertz CT molecular complexity index is 945. The minimum Gasteiger partial charge on any atom is -0.323 e. The molecule has 0 aliphatic heterocycles. The van der Waals surface area contributed by atoms with Gasteiger partial charge in [-0.25, -0.2) is 0 Å². The second-order valence-corrected chi connectivity index (χ2v) is 5.44. The number of alkyl halides is 3. The highest BCUT2D eigenvalue weighted by Gasteiger charge is 2.30. The summed E-state index contributed by atoms with van der Waals surface area (Å²) in [5.74, 6) is 0. The molecule has 1 aromatic heterocycles. The summed E-state index contributed by atoms with van der Waals surface area (Å²) in [5.41, 5.74) is 1.34. The van der Waals surface area contributed by atoms with Crippen molar-refractivity contribution in [2.75, 3.05) is 0 Å². The van der Waals surface area contributed by atoms with Crippen molar-refractivity contribution in [1.82, 2.24) is 4.57 Å². The Morgan fingerprint density at radius 3 is 2.44 bits per heavy atom. The Balaban J connectivity index is 1.95. The molecule has 0 saturated carbocycles. The summed E-state index contributed by atoms with van der Waals surface area (Å²) in [7, 11) is 0. The normalized spacial score (nSPS) is 12.0. The molecule has 3 aromatic rings. The van der Waals surface area contributed by atoms with Crippen molar-refractivity contribution in [3.8, 4) is 11.8 Å². The van der Waals surface area contributed by atoms with Gasteiger partial charge < -0.3 is 4.57 Å². The van der Waals surface area contributed by atoms with Crippen LogP contribution in [0, 0.1) is 11.3 Å². The largest absolute Gasteiger partial charge is 0.416 e. The van der Waals surface area contributed by atoms with Crippen molar-refractivity contribution in [2.24, 2.45) is 0 Å². The molecule has 25 heavy (non-hydrogen) atoms. The predicted octanol–water partition coefficient (Wildman–Crippen LogP) is 5.56. The average molecular weight is 338 g/mol. The third-order valence-corrected chi connectivity index (χ3v) is 3.70. The molecule has 0 spiro atoms. The standard InChI is InChI=1S/C20H13F3N2/c21-20(22,23)18-6-4-5-16(12-18)17(13-24)11-15-9-10-25(14-15)19-7-2-1-3-8-19/h1-12,14H/b17-11+. The zero-order valence-corrected chi connectivity index (χ0v) is 13.0. The lowest BCUT2D eigenvalue weighted by Crippen LogP contribution is -2.04. The Morgan fingerprint density at radius 2 is 1.76 bits per heavy atom. The predicted molar refractivity (Wildman–Crippen MR) is 90.7 cm³/mol. The summed E-state index contributed by atoms with van der Waals surface area (Å²) in [6.07, 6.45) is 0.796. The Hall–Kier alpha value is -3.26. The summed E-state index contributed by atoms with van der Waals surface area (Å²) in [6, 6.07) is 18.2. The number of benzene rings is 2. The first-order valence-electron chi connectivity index (χ1n) is 7.50. The number of nitrogens with zero attached hydrogens (tertiary/aromatic N) is 2. The molecule has 3 rings (SSSR count). The first-order valence-corrected chi connectivity index (χ1v) is 7.50. The molecular weight excluding hydrogens is 325 g/mol. The quantitative estimate of drug-likeness (QED) is 0.575. The lowest BCUT2D eigenvalue weighted by molar-refractivity contribution is -0.137. The molecule has 2 aromatic carbocycles. The number of rotatable bonds is 3. The van der Waals surface area contributed by atoms with E-state index in [1.807, 2.05) is 53.4 Å².